The molecule has 0 aliphatic heterocycles. The second kappa shape index (κ2) is 2.65. The molecule has 0 amide bonds. The van der Waals surface area contributed by atoms with E-state index < -0.39 is 0 Å². The highest BCUT2D eigenvalue weighted by atomic mass is 16.3. The van der Waals surface area contributed by atoms with Gasteiger partial charge in [-0.1, -0.05) is 0 Å². The molecule has 0 fully saturated rings. The van der Waals surface area contributed by atoms with Crippen LogP contribution < -0.4 is 5.73 Å². The number of aryl methyl sites for hydroxylation is 1. The predicted molar refractivity (Wildman–Crippen MR) is 49.0 cm³/mol. The number of nitrogens with two attached hydrogens (primary N) is 1. The van der Waals surface area contributed by atoms with Gasteiger partial charge in [-0.15, -0.1) is 4.91 Å². The van der Waals surface area contributed by atoms with Gasteiger partial charge in [-0.3, -0.25) is 4.79 Å². The lowest BCUT2D eigenvalue weighted by molar-refractivity contribution is 0.0994. The number of nitroso groups, excluding NO2 is 1. The summed E-state index contributed by atoms with van der Waals surface area (Å²) in [5.41, 5.74) is 7.58. The molecule has 0 heterocycles. The Morgan fingerprint density at radius 2 is 2.08 bits per heavy atom. The number of hydrogen-bond donors (Lipinski definition) is 1. The highest BCUT2D eigenvalue weighted by Gasteiger charge is 2.21. The Labute approximate surface area is 74.7 Å². The smallest absolute Gasteiger partial charge is 0.163 e. The molecule has 0 saturated carbocycles. The molecule has 66 valence electrons. The SMILES string of the molecule is Nc1cc2c(cc1N=O)C(=O)CC2. The summed E-state index contributed by atoms with van der Waals surface area (Å²) in [6.07, 6.45) is 1.23. The summed E-state index contributed by atoms with van der Waals surface area (Å²) in [5, 5.41) is 2.75. The third kappa shape index (κ3) is 1.11. The third-order valence-corrected chi connectivity index (χ3v) is 2.27. The van der Waals surface area contributed by atoms with Crippen molar-refractivity contribution in [3.05, 3.63) is 28.2 Å². The van der Waals surface area contributed by atoms with E-state index in [1.807, 2.05) is 0 Å². The van der Waals surface area contributed by atoms with Gasteiger partial charge in [-0.2, -0.15) is 0 Å². The Balaban J connectivity index is 2.63. The molecule has 0 saturated heterocycles. The van der Waals surface area contributed by atoms with Gasteiger partial charge in [0.15, 0.2) is 5.78 Å². The van der Waals surface area contributed by atoms with Gasteiger partial charge in [-0.05, 0) is 29.3 Å². The number of ketones is 1. The average molecular weight is 176 g/mol. The molecule has 0 atom stereocenters. The lowest BCUT2D eigenvalue weighted by Crippen LogP contribution is -1.93. The van der Waals surface area contributed by atoms with Gasteiger partial charge in [0.2, 0.25) is 0 Å². The number of nitrogens with zero attached hydrogens (tertiary/aromatic N) is 1. The Morgan fingerprint density at radius 3 is 2.77 bits per heavy atom. The van der Waals surface area contributed by atoms with Gasteiger partial charge in [0.05, 0.1) is 5.69 Å². The maximum Gasteiger partial charge on any atom is 0.163 e. The van der Waals surface area contributed by atoms with Crippen molar-refractivity contribution < 1.29 is 4.79 Å². The molecule has 2 N–H and O–H groups in total. The molecular formula is C9H8N2O2. The maximum atomic E-state index is 11.3. The van der Waals surface area contributed by atoms with Crippen LogP contribution in [-0.2, 0) is 6.42 Å². The number of nitrogen functional groups attached to an aromatic ring is 1. The fourth-order valence-electron chi connectivity index (χ4n) is 1.58. The van der Waals surface area contributed by atoms with Crippen LogP contribution in [0.5, 0.6) is 0 Å². The number of Topliss-reactive ketones (excluding diaryl/α,β-unsaturated/α-hetero) is 1. The predicted octanol–water partition coefficient (Wildman–Crippen LogP) is 1.80. The van der Waals surface area contributed by atoms with E-state index >= 15 is 0 Å². The van der Waals surface area contributed by atoms with Gasteiger partial charge in [0, 0.05) is 12.0 Å². The Kier molecular flexibility index (Phi) is 1.62. The van der Waals surface area contributed by atoms with Crippen LogP contribution in [0.3, 0.4) is 0 Å². The minimum atomic E-state index is 0.0694. The molecule has 4 heteroatoms. The lowest BCUT2D eigenvalue weighted by atomic mass is 10.1. The zero-order valence-electron chi connectivity index (χ0n) is 6.91. The molecule has 1 aromatic carbocycles. The van der Waals surface area contributed by atoms with E-state index in [4.69, 9.17) is 5.73 Å². The summed E-state index contributed by atoms with van der Waals surface area (Å²) in [5.74, 6) is 0.0694. The minimum Gasteiger partial charge on any atom is -0.397 e. The van der Waals surface area contributed by atoms with Crippen molar-refractivity contribution in [2.24, 2.45) is 5.18 Å². The van der Waals surface area contributed by atoms with E-state index in [0.29, 0.717) is 17.7 Å². The Bertz CT molecular complexity index is 399. The monoisotopic (exact) mass is 176 g/mol. The Hall–Kier alpha value is -1.71. The van der Waals surface area contributed by atoms with Gasteiger partial charge in [0.1, 0.15) is 5.69 Å². The summed E-state index contributed by atoms with van der Waals surface area (Å²) < 4.78 is 0. The molecule has 4 nitrogen and oxygen atoms in total. The fourth-order valence-corrected chi connectivity index (χ4v) is 1.58. The van der Waals surface area contributed by atoms with Gasteiger partial charge in [-0.25, -0.2) is 0 Å². The minimum absolute atomic E-state index is 0.0694. The van der Waals surface area contributed by atoms with Crippen LogP contribution in [0.4, 0.5) is 11.4 Å². The van der Waals surface area contributed by atoms with Crippen molar-refractivity contribution in [1.82, 2.24) is 0 Å². The van der Waals surface area contributed by atoms with Crippen LogP contribution in [0.25, 0.3) is 0 Å². The van der Waals surface area contributed by atoms with Crippen molar-refractivity contribution in [3.63, 3.8) is 0 Å². The van der Waals surface area contributed by atoms with Crippen LogP contribution in [0.15, 0.2) is 17.3 Å². The summed E-state index contributed by atoms with van der Waals surface area (Å²) in [4.78, 5) is 21.6. The number of carbonyl (C=O) groups is 1. The molecule has 1 aliphatic carbocycles. The molecule has 0 unspecified atom stereocenters. The van der Waals surface area contributed by atoms with E-state index in [-0.39, 0.29) is 11.5 Å². The third-order valence-electron chi connectivity index (χ3n) is 2.27. The molecule has 1 aromatic rings. The van der Waals surface area contributed by atoms with E-state index in [2.05, 4.69) is 5.18 Å². The standard InChI is InChI=1S/C9H8N2O2/c10-7-3-5-1-2-9(12)6(5)4-8(7)11-13/h3-4H,1-2,10H2. The number of hydrogen-bond acceptors (Lipinski definition) is 4. The van der Waals surface area contributed by atoms with E-state index in [9.17, 15) is 9.70 Å². The second-order valence-corrected chi connectivity index (χ2v) is 3.08. The molecule has 0 bridgehead atoms. The van der Waals surface area contributed by atoms with Gasteiger partial charge < -0.3 is 5.73 Å². The van der Waals surface area contributed by atoms with Crippen LogP contribution in [0.2, 0.25) is 0 Å². The first kappa shape index (κ1) is 7.91. The number of rotatable bonds is 1. The van der Waals surface area contributed by atoms with E-state index in [0.717, 1.165) is 12.0 Å². The molecule has 1 aliphatic rings. The summed E-state index contributed by atoms with van der Waals surface area (Å²) in [6.45, 7) is 0. The van der Waals surface area contributed by atoms with Crippen molar-refractivity contribution in [2.75, 3.05) is 5.73 Å². The summed E-state index contributed by atoms with van der Waals surface area (Å²) >= 11 is 0. The first-order chi connectivity index (χ1) is 6.22. The molecular weight excluding hydrogens is 168 g/mol. The van der Waals surface area contributed by atoms with Crippen molar-refractivity contribution >= 4 is 17.2 Å². The quantitative estimate of drug-likeness (QED) is 0.523. The highest BCUT2D eigenvalue weighted by molar-refractivity contribution is 6.02. The van der Waals surface area contributed by atoms with Gasteiger partial charge >= 0.3 is 0 Å². The largest absolute Gasteiger partial charge is 0.397 e. The highest BCUT2D eigenvalue weighted by Crippen LogP contribution is 2.31. The fraction of sp³-hybridized carbons (Fsp3) is 0.222. The van der Waals surface area contributed by atoms with Crippen molar-refractivity contribution in [1.29, 1.82) is 0 Å². The van der Waals surface area contributed by atoms with Crippen LogP contribution in [0, 0.1) is 4.91 Å². The first-order valence-corrected chi connectivity index (χ1v) is 4.01. The second-order valence-electron chi connectivity index (χ2n) is 3.08. The molecule has 0 radical (unpaired) electrons. The van der Waals surface area contributed by atoms with Crippen molar-refractivity contribution in [3.8, 4) is 0 Å². The number of anilines is 1. The van der Waals surface area contributed by atoms with Crippen molar-refractivity contribution in [2.45, 2.75) is 12.8 Å². The zero-order chi connectivity index (χ0) is 9.42. The molecule has 13 heavy (non-hydrogen) atoms. The van der Waals surface area contributed by atoms with Crippen LogP contribution >= 0.6 is 0 Å². The number of carbonyl (C=O) groups excluding carboxylic acids is 1. The normalized spacial score (nSPS) is 14.3. The number of fused-ring (bicyclic) bond motifs is 1. The topological polar surface area (TPSA) is 72.5 Å². The van der Waals surface area contributed by atoms with E-state index in [1.54, 1.807) is 6.07 Å². The van der Waals surface area contributed by atoms with Gasteiger partial charge in [0.25, 0.3) is 0 Å². The first-order valence-electron chi connectivity index (χ1n) is 4.01. The molecule has 2 rings (SSSR count). The Morgan fingerprint density at radius 1 is 1.31 bits per heavy atom. The zero-order valence-corrected chi connectivity index (χ0v) is 6.91. The average Bonchev–Trinajstić information content (AvgIpc) is 2.46. The van der Waals surface area contributed by atoms with Crippen LogP contribution in [0.1, 0.15) is 22.3 Å². The lowest BCUT2D eigenvalue weighted by Gasteiger charge is -2.00. The maximum absolute atomic E-state index is 11.3. The summed E-state index contributed by atoms with van der Waals surface area (Å²) in [7, 11) is 0. The molecule has 0 aromatic heterocycles. The number of benzene rings is 1. The van der Waals surface area contributed by atoms with E-state index in [1.165, 1.54) is 6.07 Å². The summed E-state index contributed by atoms with van der Waals surface area (Å²) in [6, 6.07) is 3.14. The van der Waals surface area contributed by atoms with Crippen LogP contribution in [-0.4, -0.2) is 5.78 Å². The molecule has 0 spiro atoms.